The maximum atomic E-state index is 12.5. The molecule has 0 bridgehead atoms. The van der Waals surface area contributed by atoms with E-state index in [2.05, 4.69) is 13.8 Å². The highest BCUT2D eigenvalue weighted by molar-refractivity contribution is 6.08. The summed E-state index contributed by atoms with van der Waals surface area (Å²) in [5.41, 5.74) is 1.10. The number of hydrogen-bond acceptors (Lipinski definition) is 4. The molecule has 4 heteroatoms. The van der Waals surface area contributed by atoms with Gasteiger partial charge in [0.1, 0.15) is 6.10 Å². The quantitative estimate of drug-likeness (QED) is 0.558. The van der Waals surface area contributed by atoms with Crippen molar-refractivity contribution in [1.82, 2.24) is 0 Å². The first-order valence-corrected chi connectivity index (χ1v) is 8.54. The summed E-state index contributed by atoms with van der Waals surface area (Å²) >= 11 is 0. The average Bonchev–Trinajstić information content (AvgIpc) is 2.90. The highest BCUT2D eigenvalue weighted by Gasteiger charge is 2.64. The summed E-state index contributed by atoms with van der Waals surface area (Å²) in [6, 6.07) is 0. The highest BCUT2D eigenvalue weighted by Crippen LogP contribution is 2.60. The summed E-state index contributed by atoms with van der Waals surface area (Å²) in [5, 5.41) is 0. The molecule has 0 amide bonds. The molecule has 0 N–H and O–H groups in total. The molecule has 122 valence electrons. The van der Waals surface area contributed by atoms with Crippen LogP contribution >= 0.6 is 0 Å². The first-order chi connectivity index (χ1) is 10.5. The van der Waals surface area contributed by atoms with Gasteiger partial charge in [-0.05, 0) is 25.2 Å². The standard InChI is InChI=1S/C18H26O4/c1-4-5-6-7-8-12-15-13(19)9-11-10-14(21-3)16(18(11,15)2)22-17(12)20/h11,14,16H,4-10H2,1-3H3/t11-,14-,16+,18+/m0/s1. The van der Waals surface area contributed by atoms with E-state index < -0.39 is 0 Å². The molecule has 0 aromatic heterocycles. The Bertz CT molecular complexity index is 521. The number of hydrogen-bond donors (Lipinski definition) is 0. The number of carbonyl (C=O) groups is 2. The van der Waals surface area contributed by atoms with E-state index in [0.717, 1.165) is 31.3 Å². The molecule has 0 aromatic rings. The fraction of sp³-hybridized carbons (Fsp3) is 0.778. The maximum absolute atomic E-state index is 12.5. The lowest BCUT2D eigenvalue weighted by Crippen LogP contribution is -2.45. The first kappa shape index (κ1) is 15.7. The van der Waals surface area contributed by atoms with Crippen LogP contribution in [0.15, 0.2) is 11.1 Å². The smallest absolute Gasteiger partial charge is 0.334 e. The molecule has 1 heterocycles. The molecular weight excluding hydrogens is 280 g/mol. The van der Waals surface area contributed by atoms with Crippen LogP contribution in [0.1, 0.15) is 58.8 Å². The Hall–Kier alpha value is -1.16. The topological polar surface area (TPSA) is 52.6 Å². The zero-order chi connectivity index (χ0) is 15.9. The molecule has 2 aliphatic carbocycles. The maximum Gasteiger partial charge on any atom is 0.334 e. The Labute approximate surface area is 132 Å². The summed E-state index contributed by atoms with van der Waals surface area (Å²) in [4.78, 5) is 25.0. The van der Waals surface area contributed by atoms with E-state index >= 15 is 0 Å². The van der Waals surface area contributed by atoms with Gasteiger partial charge in [-0.15, -0.1) is 0 Å². The van der Waals surface area contributed by atoms with Crippen LogP contribution < -0.4 is 0 Å². The molecule has 0 aromatic carbocycles. The van der Waals surface area contributed by atoms with Gasteiger partial charge in [0.15, 0.2) is 5.78 Å². The Kier molecular flexibility index (Phi) is 4.15. The molecule has 0 unspecified atom stereocenters. The van der Waals surface area contributed by atoms with Gasteiger partial charge in [0, 0.05) is 30.1 Å². The minimum Gasteiger partial charge on any atom is -0.455 e. The van der Waals surface area contributed by atoms with E-state index in [1.807, 2.05) is 0 Å². The van der Waals surface area contributed by atoms with Crippen LogP contribution in [-0.2, 0) is 19.1 Å². The second-order valence-electron chi connectivity index (χ2n) is 7.11. The molecule has 2 saturated carbocycles. The Morgan fingerprint density at radius 1 is 1.27 bits per heavy atom. The SMILES string of the molecule is CCCCCCC1=C2C(=O)C[C@H]3C[C@H](OC)[C@@H](OC1=O)[C@@]23C. The van der Waals surface area contributed by atoms with Crippen molar-refractivity contribution in [2.24, 2.45) is 11.3 Å². The van der Waals surface area contributed by atoms with E-state index in [0.29, 0.717) is 18.4 Å². The number of carbonyl (C=O) groups excluding carboxylic acids is 2. The molecule has 0 saturated heterocycles. The number of methoxy groups -OCH3 is 1. The largest absolute Gasteiger partial charge is 0.455 e. The van der Waals surface area contributed by atoms with Crippen LogP contribution in [0.4, 0.5) is 0 Å². The number of ether oxygens (including phenoxy) is 2. The van der Waals surface area contributed by atoms with Crippen molar-refractivity contribution < 1.29 is 19.1 Å². The zero-order valence-electron chi connectivity index (χ0n) is 13.8. The Morgan fingerprint density at radius 3 is 2.73 bits per heavy atom. The second kappa shape index (κ2) is 5.80. The van der Waals surface area contributed by atoms with Crippen molar-refractivity contribution in [2.45, 2.75) is 71.0 Å². The van der Waals surface area contributed by atoms with Crippen molar-refractivity contribution in [1.29, 1.82) is 0 Å². The molecular formula is C18H26O4. The van der Waals surface area contributed by atoms with E-state index in [9.17, 15) is 9.59 Å². The van der Waals surface area contributed by atoms with Crippen molar-refractivity contribution in [3.63, 3.8) is 0 Å². The molecule has 2 fully saturated rings. The summed E-state index contributed by atoms with van der Waals surface area (Å²) in [7, 11) is 1.66. The lowest BCUT2D eigenvalue weighted by Gasteiger charge is -2.38. The Balaban J connectivity index is 1.92. The normalized spacial score (nSPS) is 36.8. The van der Waals surface area contributed by atoms with E-state index in [4.69, 9.17) is 9.47 Å². The van der Waals surface area contributed by atoms with E-state index in [-0.39, 0.29) is 35.3 Å². The molecule has 1 aliphatic heterocycles. The molecule has 3 aliphatic rings. The monoisotopic (exact) mass is 306 g/mol. The first-order valence-electron chi connectivity index (χ1n) is 8.54. The van der Waals surface area contributed by atoms with Crippen molar-refractivity contribution >= 4 is 11.8 Å². The minimum atomic E-state index is -0.328. The third-order valence-corrected chi connectivity index (χ3v) is 5.91. The fourth-order valence-corrected chi connectivity index (χ4v) is 4.69. The number of unbranched alkanes of at least 4 members (excludes halogenated alkanes) is 3. The summed E-state index contributed by atoms with van der Waals surface area (Å²) in [6.07, 6.45) is 6.02. The van der Waals surface area contributed by atoms with Gasteiger partial charge in [0.25, 0.3) is 0 Å². The van der Waals surface area contributed by atoms with Gasteiger partial charge in [-0.1, -0.05) is 33.1 Å². The lowest BCUT2D eigenvalue weighted by atomic mass is 9.73. The predicted molar refractivity (Wildman–Crippen MR) is 82.3 cm³/mol. The van der Waals surface area contributed by atoms with Gasteiger partial charge in [0.2, 0.25) is 0 Å². The van der Waals surface area contributed by atoms with Gasteiger partial charge in [-0.2, -0.15) is 0 Å². The third-order valence-electron chi connectivity index (χ3n) is 5.91. The van der Waals surface area contributed by atoms with Crippen LogP contribution in [0.5, 0.6) is 0 Å². The number of ketones is 1. The van der Waals surface area contributed by atoms with Crippen LogP contribution in [0.2, 0.25) is 0 Å². The van der Waals surface area contributed by atoms with Gasteiger partial charge in [-0.25, -0.2) is 4.79 Å². The molecule has 0 spiro atoms. The molecule has 4 nitrogen and oxygen atoms in total. The molecule has 22 heavy (non-hydrogen) atoms. The summed E-state index contributed by atoms with van der Waals surface area (Å²) in [5.74, 6) is 0.129. The van der Waals surface area contributed by atoms with Crippen LogP contribution in [-0.4, -0.2) is 31.1 Å². The summed E-state index contributed by atoms with van der Waals surface area (Å²) in [6.45, 7) is 4.26. The highest BCUT2D eigenvalue weighted by atomic mass is 16.6. The van der Waals surface area contributed by atoms with Gasteiger partial charge >= 0.3 is 5.97 Å². The summed E-state index contributed by atoms with van der Waals surface area (Å²) < 4.78 is 11.3. The molecule has 4 atom stereocenters. The van der Waals surface area contributed by atoms with Crippen molar-refractivity contribution in [3.05, 3.63) is 11.1 Å². The molecule has 0 radical (unpaired) electrons. The minimum absolute atomic E-state index is 0.0799. The predicted octanol–water partition coefficient (Wildman–Crippen LogP) is 3.19. The lowest BCUT2D eigenvalue weighted by molar-refractivity contribution is -0.159. The van der Waals surface area contributed by atoms with Crippen LogP contribution in [0.25, 0.3) is 0 Å². The fourth-order valence-electron chi connectivity index (χ4n) is 4.69. The van der Waals surface area contributed by atoms with E-state index in [1.54, 1.807) is 7.11 Å². The van der Waals surface area contributed by atoms with Crippen LogP contribution in [0.3, 0.4) is 0 Å². The van der Waals surface area contributed by atoms with Crippen LogP contribution in [0, 0.1) is 11.3 Å². The number of esters is 1. The van der Waals surface area contributed by atoms with Gasteiger partial charge in [-0.3, -0.25) is 4.79 Å². The average molecular weight is 306 g/mol. The van der Waals surface area contributed by atoms with Gasteiger partial charge in [0.05, 0.1) is 6.10 Å². The van der Waals surface area contributed by atoms with Crippen molar-refractivity contribution in [2.75, 3.05) is 7.11 Å². The number of rotatable bonds is 6. The van der Waals surface area contributed by atoms with Crippen molar-refractivity contribution in [3.8, 4) is 0 Å². The number of Topliss-reactive ketones (excluding diaryl/α,β-unsaturated/α-hetero) is 1. The van der Waals surface area contributed by atoms with Gasteiger partial charge < -0.3 is 9.47 Å². The Morgan fingerprint density at radius 2 is 2.05 bits per heavy atom. The molecule has 3 rings (SSSR count). The second-order valence-corrected chi connectivity index (χ2v) is 7.11. The van der Waals surface area contributed by atoms with E-state index in [1.165, 1.54) is 6.42 Å². The zero-order valence-corrected chi connectivity index (χ0v) is 13.8. The third kappa shape index (κ3) is 2.15.